The van der Waals surface area contributed by atoms with Gasteiger partial charge in [0.05, 0.1) is 0 Å². The molecule has 0 saturated heterocycles. The van der Waals surface area contributed by atoms with Gasteiger partial charge in [-0.05, 0) is 44.9 Å². The summed E-state index contributed by atoms with van der Waals surface area (Å²) in [5.41, 5.74) is 4.23. The molecule has 1 rings (SSSR count). The van der Waals surface area contributed by atoms with E-state index in [0.717, 1.165) is 13.0 Å². The molecule has 0 heterocycles. The first-order valence-corrected chi connectivity index (χ1v) is 5.43. The third-order valence-corrected chi connectivity index (χ3v) is 2.58. The lowest BCUT2D eigenvalue weighted by Crippen LogP contribution is -2.27. The second-order valence-electron chi connectivity index (χ2n) is 4.09. The summed E-state index contributed by atoms with van der Waals surface area (Å²) in [6, 6.07) is 7.25. The van der Waals surface area contributed by atoms with E-state index in [-0.39, 0.29) is 0 Å². The summed E-state index contributed by atoms with van der Waals surface area (Å²) in [4.78, 5) is 0. The van der Waals surface area contributed by atoms with E-state index in [1.54, 1.807) is 0 Å². The molecule has 0 radical (unpaired) electrons. The molecule has 78 valence electrons. The van der Waals surface area contributed by atoms with Crippen molar-refractivity contribution >= 4 is 0 Å². The van der Waals surface area contributed by atoms with Crippen LogP contribution in [0.3, 0.4) is 0 Å². The SMILES string of the molecule is CCNC(C)Cc1cc(C)ccc1C. The molecular formula is C13H21N. The van der Waals surface area contributed by atoms with E-state index < -0.39 is 0 Å². The predicted octanol–water partition coefficient (Wildman–Crippen LogP) is 2.84. The summed E-state index contributed by atoms with van der Waals surface area (Å²) in [7, 11) is 0. The summed E-state index contributed by atoms with van der Waals surface area (Å²) in [6.45, 7) is 9.78. The summed E-state index contributed by atoms with van der Waals surface area (Å²) in [5, 5.41) is 3.44. The zero-order chi connectivity index (χ0) is 10.6. The highest BCUT2D eigenvalue weighted by Gasteiger charge is 2.04. The number of hydrogen-bond acceptors (Lipinski definition) is 1. The van der Waals surface area contributed by atoms with Crippen LogP contribution in [0.1, 0.15) is 30.5 Å². The van der Waals surface area contributed by atoms with Crippen molar-refractivity contribution in [3.05, 3.63) is 34.9 Å². The maximum absolute atomic E-state index is 3.44. The smallest absolute Gasteiger partial charge is 0.00791 e. The summed E-state index contributed by atoms with van der Waals surface area (Å²) >= 11 is 0. The molecule has 0 aliphatic heterocycles. The van der Waals surface area contributed by atoms with Crippen LogP contribution in [0.25, 0.3) is 0 Å². The van der Waals surface area contributed by atoms with Crippen LogP contribution in [-0.2, 0) is 6.42 Å². The fourth-order valence-corrected chi connectivity index (χ4v) is 1.77. The van der Waals surface area contributed by atoms with Crippen molar-refractivity contribution in [2.24, 2.45) is 0 Å². The van der Waals surface area contributed by atoms with Gasteiger partial charge in [0.25, 0.3) is 0 Å². The minimum absolute atomic E-state index is 0.570. The molecule has 0 spiro atoms. The van der Waals surface area contributed by atoms with Crippen molar-refractivity contribution in [2.75, 3.05) is 6.54 Å². The topological polar surface area (TPSA) is 12.0 Å². The van der Waals surface area contributed by atoms with Gasteiger partial charge in [-0.2, -0.15) is 0 Å². The molecule has 0 fully saturated rings. The number of rotatable bonds is 4. The molecule has 0 aliphatic carbocycles. The Balaban J connectivity index is 2.70. The molecule has 1 unspecified atom stereocenters. The van der Waals surface area contributed by atoms with Gasteiger partial charge in [-0.25, -0.2) is 0 Å². The highest BCUT2D eigenvalue weighted by molar-refractivity contribution is 5.30. The molecule has 0 aliphatic rings. The van der Waals surface area contributed by atoms with Crippen LogP contribution in [0, 0.1) is 13.8 Å². The minimum atomic E-state index is 0.570. The van der Waals surface area contributed by atoms with Gasteiger partial charge in [0.15, 0.2) is 0 Å². The van der Waals surface area contributed by atoms with Gasteiger partial charge in [0.2, 0.25) is 0 Å². The first kappa shape index (κ1) is 11.3. The second-order valence-corrected chi connectivity index (χ2v) is 4.09. The first-order valence-electron chi connectivity index (χ1n) is 5.43. The highest BCUT2D eigenvalue weighted by atomic mass is 14.9. The molecule has 0 aromatic heterocycles. The molecule has 14 heavy (non-hydrogen) atoms. The third-order valence-electron chi connectivity index (χ3n) is 2.58. The number of hydrogen-bond donors (Lipinski definition) is 1. The Hall–Kier alpha value is -0.820. The van der Waals surface area contributed by atoms with E-state index in [4.69, 9.17) is 0 Å². The van der Waals surface area contributed by atoms with E-state index in [1.165, 1.54) is 16.7 Å². The zero-order valence-electron chi connectivity index (χ0n) is 9.72. The Kier molecular flexibility index (Phi) is 4.15. The molecule has 1 atom stereocenters. The van der Waals surface area contributed by atoms with Crippen molar-refractivity contribution in [2.45, 2.75) is 40.2 Å². The van der Waals surface area contributed by atoms with Gasteiger partial charge >= 0.3 is 0 Å². The lowest BCUT2D eigenvalue weighted by molar-refractivity contribution is 0.564. The van der Waals surface area contributed by atoms with Crippen LogP contribution < -0.4 is 5.32 Å². The van der Waals surface area contributed by atoms with E-state index in [9.17, 15) is 0 Å². The van der Waals surface area contributed by atoms with E-state index >= 15 is 0 Å². The maximum Gasteiger partial charge on any atom is 0.00791 e. The van der Waals surface area contributed by atoms with Gasteiger partial charge in [0.1, 0.15) is 0 Å². The van der Waals surface area contributed by atoms with Crippen LogP contribution in [0.2, 0.25) is 0 Å². The largest absolute Gasteiger partial charge is 0.314 e. The molecule has 1 heteroatoms. The predicted molar refractivity (Wildman–Crippen MR) is 62.8 cm³/mol. The average molecular weight is 191 g/mol. The van der Waals surface area contributed by atoms with Crippen molar-refractivity contribution in [1.82, 2.24) is 5.32 Å². The Labute approximate surface area is 87.5 Å². The molecule has 1 nitrogen and oxygen atoms in total. The first-order chi connectivity index (χ1) is 6.63. The average Bonchev–Trinajstić information content (AvgIpc) is 2.12. The number of likely N-dealkylation sites (N-methyl/N-ethyl adjacent to an activating group) is 1. The quantitative estimate of drug-likeness (QED) is 0.771. The lowest BCUT2D eigenvalue weighted by atomic mass is 10.00. The molecule has 0 bridgehead atoms. The number of aryl methyl sites for hydroxylation is 2. The molecule has 0 saturated carbocycles. The van der Waals surface area contributed by atoms with E-state index in [1.807, 2.05) is 0 Å². The third kappa shape index (κ3) is 3.15. The van der Waals surface area contributed by atoms with Gasteiger partial charge < -0.3 is 5.32 Å². The Morgan fingerprint density at radius 3 is 2.64 bits per heavy atom. The van der Waals surface area contributed by atoms with Crippen LogP contribution in [0.15, 0.2) is 18.2 Å². The molecular weight excluding hydrogens is 170 g/mol. The van der Waals surface area contributed by atoms with Crippen molar-refractivity contribution in [3.8, 4) is 0 Å². The maximum atomic E-state index is 3.44. The lowest BCUT2D eigenvalue weighted by Gasteiger charge is -2.14. The number of nitrogens with one attached hydrogen (secondary N) is 1. The fraction of sp³-hybridized carbons (Fsp3) is 0.538. The second kappa shape index (κ2) is 5.16. The van der Waals surface area contributed by atoms with Gasteiger partial charge in [-0.1, -0.05) is 30.7 Å². The summed E-state index contributed by atoms with van der Waals surface area (Å²) < 4.78 is 0. The van der Waals surface area contributed by atoms with Crippen molar-refractivity contribution in [3.63, 3.8) is 0 Å². The van der Waals surface area contributed by atoms with Crippen molar-refractivity contribution < 1.29 is 0 Å². The Bertz CT molecular complexity index is 291. The minimum Gasteiger partial charge on any atom is -0.314 e. The van der Waals surface area contributed by atoms with E-state index in [0.29, 0.717) is 6.04 Å². The molecule has 1 aromatic rings. The van der Waals surface area contributed by atoms with Crippen LogP contribution in [0.5, 0.6) is 0 Å². The van der Waals surface area contributed by atoms with Gasteiger partial charge in [-0.15, -0.1) is 0 Å². The Morgan fingerprint density at radius 1 is 1.29 bits per heavy atom. The number of benzene rings is 1. The van der Waals surface area contributed by atoms with Crippen molar-refractivity contribution in [1.29, 1.82) is 0 Å². The summed E-state index contributed by atoms with van der Waals surface area (Å²) in [5.74, 6) is 0. The zero-order valence-corrected chi connectivity index (χ0v) is 9.72. The summed E-state index contributed by atoms with van der Waals surface area (Å²) in [6.07, 6.45) is 1.13. The van der Waals surface area contributed by atoms with Gasteiger partial charge in [-0.3, -0.25) is 0 Å². The van der Waals surface area contributed by atoms with Crippen LogP contribution >= 0.6 is 0 Å². The fourth-order valence-electron chi connectivity index (χ4n) is 1.77. The Morgan fingerprint density at radius 2 is 2.00 bits per heavy atom. The monoisotopic (exact) mass is 191 g/mol. The molecule has 1 N–H and O–H groups in total. The van der Waals surface area contributed by atoms with Crippen LogP contribution in [0.4, 0.5) is 0 Å². The van der Waals surface area contributed by atoms with Crippen LogP contribution in [-0.4, -0.2) is 12.6 Å². The standard InChI is InChI=1S/C13H21N/c1-5-14-12(4)9-13-8-10(2)6-7-11(13)3/h6-8,12,14H,5,9H2,1-4H3. The van der Waals surface area contributed by atoms with Gasteiger partial charge in [0, 0.05) is 6.04 Å². The molecule has 1 aromatic carbocycles. The highest BCUT2D eigenvalue weighted by Crippen LogP contribution is 2.12. The molecule has 0 amide bonds. The normalized spacial score (nSPS) is 12.9. The van der Waals surface area contributed by atoms with E-state index in [2.05, 4.69) is 51.2 Å².